The van der Waals surface area contributed by atoms with Gasteiger partial charge in [-0.15, -0.1) is 0 Å². The molecule has 0 saturated carbocycles. The minimum absolute atomic E-state index is 0.0318. The summed E-state index contributed by atoms with van der Waals surface area (Å²) in [5.41, 5.74) is 0. The van der Waals surface area contributed by atoms with Crippen molar-refractivity contribution in [3.63, 3.8) is 0 Å². The van der Waals surface area contributed by atoms with Gasteiger partial charge in [0.15, 0.2) is 6.10 Å². The first-order chi connectivity index (χ1) is 26.3. The fourth-order valence-corrected chi connectivity index (χ4v) is 5.92. The molecule has 0 radical (unpaired) electrons. The van der Waals surface area contributed by atoms with Crippen molar-refractivity contribution in [2.24, 2.45) is 0 Å². The van der Waals surface area contributed by atoms with Crippen LogP contribution in [0, 0.1) is 0 Å². The Labute approximate surface area is 329 Å². The van der Waals surface area contributed by atoms with Gasteiger partial charge in [-0.25, -0.2) is 4.57 Å². The molecule has 0 spiro atoms. The molecule has 310 valence electrons. The van der Waals surface area contributed by atoms with Gasteiger partial charge in [0.05, 0.1) is 13.2 Å². The van der Waals surface area contributed by atoms with Gasteiger partial charge in [0.25, 0.3) is 0 Å². The topological polar surface area (TPSA) is 120 Å². The number of hydrogen-bond donors (Lipinski definition) is 2. The number of esters is 2. The first-order valence-corrected chi connectivity index (χ1v) is 22.4. The molecule has 0 rings (SSSR count). The second-order valence-corrected chi connectivity index (χ2v) is 14.9. The summed E-state index contributed by atoms with van der Waals surface area (Å²) in [4.78, 5) is 35.0. The van der Waals surface area contributed by atoms with Crippen LogP contribution in [0.25, 0.3) is 0 Å². The molecule has 0 aromatic carbocycles. The molecule has 0 heterocycles. The van der Waals surface area contributed by atoms with E-state index in [9.17, 15) is 19.0 Å². The number of ether oxygens (including phenoxy) is 2. The standard InChI is InChI=1S/C44H76NO8P/c1-4-6-8-10-12-14-16-18-20-21-23-24-26-28-30-32-34-36-43(46)50-40-42(41-52-54(48,49)51-39-38-45-3)53-44(47)37-35-33-31-29-27-25-22-19-17-15-13-11-9-7-5-2/h7,9,13,15,18-20,22-24,28,30,42,45H,4-6,8,10-12,14,16-17,21,25-27,29,31-41H2,1-3H3,(H,48,49)/b9-7-,15-13-,20-18-,22-19-,24-23-,30-28-. The first-order valence-electron chi connectivity index (χ1n) is 20.9. The molecule has 0 aromatic heterocycles. The summed E-state index contributed by atoms with van der Waals surface area (Å²) in [6.07, 6.45) is 46.7. The smallest absolute Gasteiger partial charge is 0.462 e. The van der Waals surface area contributed by atoms with Gasteiger partial charge in [-0.05, 0) is 84.1 Å². The molecule has 10 heteroatoms. The number of phosphoric ester groups is 1. The predicted octanol–water partition coefficient (Wildman–Crippen LogP) is 11.8. The van der Waals surface area contributed by atoms with Gasteiger partial charge in [0, 0.05) is 19.4 Å². The second-order valence-electron chi connectivity index (χ2n) is 13.4. The second kappa shape index (κ2) is 40.1. The lowest BCUT2D eigenvalue weighted by atomic mass is 10.1. The normalized spacial score (nSPS) is 14.1. The van der Waals surface area contributed by atoms with Gasteiger partial charge >= 0.3 is 19.8 Å². The lowest BCUT2D eigenvalue weighted by molar-refractivity contribution is -0.161. The van der Waals surface area contributed by atoms with E-state index in [0.717, 1.165) is 77.0 Å². The summed E-state index contributed by atoms with van der Waals surface area (Å²) in [7, 11) is -2.68. The average Bonchev–Trinajstić information content (AvgIpc) is 3.15. The van der Waals surface area contributed by atoms with Gasteiger partial charge in [-0.2, -0.15) is 0 Å². The van der Waals surface area contributed by atoms with Crippen molar-refractivity contribution in [3.8, 4) is 0 Å². The Kier molecular flexibility index (Phi) is 38.2. The van der Waals surface area contributed by atoms with E-state index in [4.69, 9.17) is 18.5 Å². The van der Waals surface area contributed by atoms with Crippen molar-refractivity contribution < 1.29 is 37.6 Å². The Hall–Kier alpha value is -2.55. The van der Waals surface area contributed by atoms with Crippen LogP contribution in [-0.2, 0) is 32.7 Å². The number of phosphoric acid groups is 1. The predicted molar refractivity (Wildman–Crippen MR) is 224 cm³/mol. The van der Waals surface area contributed by atoms with Gasteiger partial charge < -0.3 is 19.7 Å². The minimum Gasteiger partial charge on any atom is -0.462 e. The van der Waals surface area contributed by atoms with Crippen molar-refractivity contribution in [3.05, 3.63) is 72.9 Å². The van der Waals surface area contributed by atoms with Crippen molar-refractivity contribution in [2.75, 3.05) is 33.4 Å². The number of carbonyl (C=O) groups excluding carboxylic acids is 2. The average molecular weight is 778 g/mol. The molecule has 2 atom stereocenters. The molecule has 0 amide bonds. The van der Waals surface area contributed by atoms with E-state index in [-0.39, 0.29) is 26.1 Å². The molecule has 2 N–H and O–H groups in total. The third kappa shape index (κ3) is 39.2. The highest BCUT2D eigenvalue weighted by molar-refractivity contribution is 7.47. The summed E-state index contributed by atoms with van der Waals surface area (Å²) < 4.78 is 33.1. The zero-order valence-corrected chi connectivity index (χ0v) is 35.0. The van der Waals surface area contributed by atoms with E-state index in [0.29, 0.717) is 19.4 Å². The highest BCUT2D eigenvalue weighted by Gasteiger charge is 2.26. The van der Waals surface area contributed by atoms with E-state index >= 15 is 0 Å². The maximum Gasteiger partial charge on any atom is 0.472 e. The molecule has 9 nitrogen and oxygen atoms in total. The summed E-state index contributed by atoms with van der Waals surface area (Å²) in [5.74, 6) is -0.895. The van der Waals surface area contributed by atoms with Gasteiger partial charge in [-0.1, -0.05) is 138 Å². The molecule has 2 unspecified atom stereocenters. The van der Waals surface area contributed by atoms with Crippen LogP contribution in [0.4, 0.5) is 0 Å². The monoisotopic (exact) mass is 778 g/mol. The van der Waals surface area contributed by atoms with Crippen LogP contribution in [0.3, 0.4) is 0 Å². The lowest BCUT2D eigenvalue weighted by Crippen LogP contribution is -2.29. The van der Waals surface area contributed by atoms with Crippen molar-refractivity contribution in [2.45, 2.75) is 161 Å². The number of nitrogens with one attached hydrogen (secondary N) is 1. The third-order valence-corrected chi connectivity index (χ3v) is 9.29. The first kappa shape index (κ1) is 51.5. The van der Waals surface area contributed by atoms with E-state index in [1.54, 1.807) is 7.05 Å². The van der Waals surface area contributed by atoms with Crippen molar-refractivity contribution in [1.82, 2.24) is 5.32 Å². The fraction of sp³-hybridized carbons (Fsp3) is 0.682. The maximum absolute atomic E-state index is 12.6. The largest absolute Gasteiger partial charge is 0.472 e. The zero-order chi connectivity index (χ0) is 39.6. The number of allylic oxidation sites excluding steroid dienone is 12. The van der Waals surface area contributed by atoms with Crippen LogP contribution in [0.2, 0.25) is 0 Å². The van der Waals surface area contributed by atoms with Gasteiger partial charge in [0.2, 0.25) is 0 Å². The van der Waals surface area contributed by atoms with Crippen LogP contribution in [-0.4, -0.2) is 56.3 Å². The third-order valence-electron chi connectivity index (χ3n) is 8.31. The van der Waals surface area contributed by atoms with Gasteiger partial charge in [-0.3, -0.25) is 18.6 Å². The molecule has 0 aliphatic rings. The van der Waals surface area contributed by atoms with Crippen LogP contribution in [0.5, 0.6) is 0 Å². The Morgan fingerprint density at radius 1 is 0.593 bits per heavy atom. The van der Waals surface area contributed by atoms with Crippen molar-refractivity contribution in [1.29, 1.82) is 0 Å². The summed E-state index contributed by atoms with van der Waals surface area (Å²) >= 11 is 0. The SMILES string of the molecule is CC/C=C\C/C=C\C/C=C\CCCCCCCC(=O)OC(COC(=O)CCC/C=C\C/C=C\C/C=C\CCCCCCCC)COP(=O)(O)OCCNC. The molecule has 0 saturated heterocycles. The molecule has 0 aliphatic heterocycles. The summed E-state index contributed by atoms with van der Waals surface area (Å²) in [6.45, 7) is 4.01. The Morgan fingerprint density at radius 3 is 1.63 bits per heavy atom. The number of hydrogen-bond acceptors (Lipinski definition) is 8. The van der Waals surface area contributed by atoms with Gasteiger partial charge in [0.1, 0.15) is 6.61 Å². The van der Waals surface area contributed by atoms with Crippen LogP contribution < -0.4 is 5.32 Å². The van der Waals surface area contributed by atoms with Crippen molar-refractivity contribution >= 4 is 19.8 Å². The number of rotatable bonds is 38. The molecule has 0 fully saturated rings. The highest BCUT2D eigenvalue weighted by atomic mass is 31.2. The lowest BCUT2D eigenvalue weighted by Gasteiger charge is -2.20. The van der Waals surface area contributed by atoms with Crippen LogP contribution >= 0.6 is 7.82 Å². The zero-order valence-electron chi connectivity index (χ0n) is 34.1. The number of unbranched alkanes of at least 4 members (excludes halogenated alkanes) is 12. The van der Waals surface area contributed by atoms with E-state index < -0.39 is 32.5 Å². The van der Waals surface area contributed by atoms with E-state index in [2.05, 4.69) is 92.1 Å². The minimum atomic E-state index is -4.37. The number of carbonyl (C=O) groups is 2. The summed E-state index contributed by atoms with van der Waals surface area (Å²) in [5, 5.41) is 2.81. The number of likely N-dealkylation sites (N-methyl/N-ethyl adjacent to an activating group) is 1. The Morgan fingerprint density at radius 2 is 1.07 bits per heavy atom. The molecule has 54 heavy (non-hydrogen) atoms. The maximum atomic E-state index is 12.6. The molecule has 0 aromatic rings. The quantitative estimate of drug-likeness (QED) is 0.0273. The Bertz CT molecular complexity index is 1110. The molecule has 0 bridgehead atoms. The van der Waals surface area contributed by atoms with E-state index in [1.807, 2.05) is 0 Å². The van der Waals surface area contributed by atoms with Crippen LogP contribution in [0.15, 0.2) is 72.9 Å². The molecular formula is C44H76NO8P. The van der Waals surface area contributed by atoms with E-state index in [1.165, 1.54) is 38.5 Å². The Balaban J connectivity index is 4.37. The summed E-state index contributed by atoms with van der Waals surface area (Å²) in [6, 6.07) is 0. The van der Waals surface area contributed by atoms with Crippen LogP contribution in [0.1, 0.15) is 155 Å². The molecule has 0 aliphatic carbocycles. The molecular weight excluding hydrogens is 701 g/mol. The highest BCUT2D eigenvalue weighted by Crippen LogP contribution is 2.43. The fourth-order valence-electron chi connectivity index (χ4n) is 5.17.